The highest BCUT2D eigenvalue weighted by atomic mass is 35.5. The van der Waals surface area contributed by atoms with Gasteiger partial charge < -0.3 is 10.3 Å². The van der Waals surface area contributed by atoms with E-state index in [0.717, 1.165) is 37.2 Å². The topological polar surface area (TPSA) is 49.8 Å². The third-order valence-corrected chi connectivity index (χ3v) is 4.42. The van der Waals surface area contributed by atoms with Gasteiger partial charge >= 0.3 is 5.69 Å². The van der Waals surface area contributed by atoms with E-state index in [9.17, 15) is 4.79 Å². The van der Waals surface area contributed by atoms with E-state index in [-0.39, 0.29) is 11.7 Å². The van der Waals surface area contributed by atoms with Crippen LogP contribution in [0.2, 0.25) is 10.0 Å². The van der Waals surface area contributed by atoms with Crippen LogP contribution in [0.3, 0.4) is 0 Å². The zero-order valence-electron chi connectivity index (χ0n) is 10.8. The quantitative estimate of drug-likeness (QED) is 0.895. The predicted octanol–water partition coefficient (Wildman–Crippen LogP) is 3.07. The number of nitrogens with zero attached hydrogens (tertiary/aromatic N) is 1. The number of aromatic nitrogens is 2. The van der Waals surface area contributed by atoms with Gasteiger partial charge in [-0.15, -0.1) is 0 Å². The zero-order chi connectivity index (χ0) is 14.1. The van der Waals surface area contributed by atoms with Crippen molar-refractivity contribution in [1.82, 2.24) is 14.9 Å². The molecule has 1 aromatic carbocycles. The molecule has 4 nitrogen and oxygen atoms in total. The summed E-state index contributed by atoms with van der Waals surface area (Å²) in [5.74, 6) is 0. The van der Waals surface area contributed by atoms with Gasteiger partial charge in [-0.3, -0.25) is 4.57 Å². The van der Waals surface area contributed by atoms with Gasteiger partial charge in [-0.25, -0.2) is 4.79 Å². The molecule has 1 aromatic heterocycles. The molecule has 1 saturated heterocycles. The Kier molecular flexibility index (Phi) is 3.87. The van der Waals surface area contributed by atoms with Gasteiger partial charge in [0.05, 0.1) is 15.7 Å². The highest BCUT2D eigenvalue weighted by molar-refractivity contribution is 6.42. The molecule has 6 heteroatoms. The molecule has 0 atom stereocenters. The summed E-state index contributed by atoms with van der Waals surface area (Å²) in [4.78, 5) is 15.0. The zero-order valence-corrected chi connectivity index (χ0v) is 12.3. The maximum absolute atomic E-state index is 12.1. The molecule has 2 heterocycles. The van der Waals surface area contributed by atoms with E-state index in [1.165, 1.54) is 0 Å². The molecule has 3 rings (SSSR count). The van der Waals surface area contributed by atoms with Crippen LogP contribution in [-0.2, 0) is 0 Å². The monoisotopic (exact) mass is 311 g/mol. The highest BCUT2D eigenvalue weighted by Gasteiger charge is 2.18. The lowest BCUT2D eigenvalue weighted by Gasteiger charge is -2.22. The van der Waals surface area contributed by atoms with Crippen LogP contribution in [0.5, 0.6) is 0 Å². The largest absolute Gasteiger partial charge is 0.326 e. The number of halogens is 2. The Morgan fingerprint density at radius 2 is 1.90 bits per heavy atom. The first kappa shape index (κ1) is 13.7. The van der Waals surface area contributed by atoms with Crippen molar-refractivity contribution in [3.63, 3.8) is 0 Å². The summed E-state index contributed by atoms with van der Waals surface area (Å²) < 4.78 is 1.79. The lowest BCUT2D eigenvalue weighted by atomic mass is 10.1. The minimum atomic E-state index is -0.0713. The van der Waals surface area contributed by atoms with Crippen molar-refractivity contribution in [3.05, 3.63) is 44.9 Å². The summed E-state index contributed by atoms with van der Waals surface area (Å²) in [7, 11) is 0. The molecular formula is C14H15Cl2N3O. The Balaban J connectivity index is 1.95. The minimum absolute atomic E-state index is 0.0713. The van der Waals surface area contributed by atoms with Crippen LogP contribution in [0.1, 0.15) is 18.9 Å². The number of hydrogen-bond acceptors (Lipinski definition) is 2. The van der Waals surface area contributed by atoms with E-state index in [2.05, 4.69) is 10.3 Å². The molecule has 20 heavy (non-hydrogen) atoms. The van der Waals surface area contributed by atoms with E-state index >= 15 is 0 Å². The van der Waals surface area contributed by atoms with Gasteiger partial charge in [0.25, 0.3) is 0 Å². The van der Waals surface area contributed by atoms with Gasteiger partial charge in [0.2, 0.25) is 0 Å². The normalized spacial score (nSPS) is 16.5. The van der Waals surface area contributed by atoms with Crippen molar-refractivity contribution in [3.8, 4) is 11.3 Å². The smallest absolute Gasteiger partial charge is 0.317 e. The van der Waals surface area contributed by atoms with Gasteiger partial charge in [-0.1, -0.05) is 29.3 Å². The fourth-order valence-corrected chi connectivity index (χ4v) is 2.87. The number of benzene rings is 1. The summed E-state index contributed by atoms with van der Waals surface area (Å²) in [5.41, 5.74) is 1.56. The number of nitrogens with one attached hydrogen (secondary N) is 2. The van der Waals surface area contributed by atoms with Crippen LogP contribution in [0.4, 0.5) is 0 Å². The summed E-state index contributed by atoms with van der Waals surface area (Å²) in [6.07, 6.45) is 3.81. The molecule has 1 aliphatic rings. The number of aromatic amines is 1. The van der Waals surface area contributed by atoms with Crippen molar-refractivity contribution in [2.24, 2.45) is 0 Å². The van der Waals surface area contributed by atoms with Crippen molar-refractivity contribution in [2.75, 3.05) is 13.1 Å². The first-order valence-corrected chi connectivity index (χ1v) is 7.38. The van der Waals surface area contributed by atoms with Crippen molar-refractivity contribution < 1.29 is 0 Å². The van der Waals surface area contributed by atoms with Crippen molar-refractivity contribution in [1.29, 1.82) is 0 Å². The Labute approximate surface area is 126 Å². The standard InChI is InChI=1S/C14H15Cl2N3O/c15-11-2-1-9(7-12(11)16)13-8-19(14(20)18-13)10-3-5-17-6-4-10/h1-2,7-8,10,17H,3-6H2,(H,18,20). The number of hydrogen-bond donors (Lipinski definition) is 2. The van der Waals surface area contributed by atoms with Crippen LogP contribution in [0.25, 0.3) is 11.3 Å². The molecule has 0 bridgehead atoms. The average molecular weight is 312 g/mol. The summed E-state index contributed by atoms with van der Waals surface area (Å²) in [6, 6.07) is 5.62. The summed E-state index contributed by atoms with van der Waals surface area (Å²) in [6.45, 7) is 1.90. The van der Waals surface area contributed by atoms with Crippen molar-refractivity contribution >= 4 is 23.2 Å². The van der Waals surface area contributed by atoms with Crippen LogP contribution in [0.15, 0.2) is 29.2 Å². The number of imidazole rings is 1. The SMILES string of the molecule is O=c1[nH]c(-c2ccc(Cl)c(Cl)c2)cn1C1CCNCC1. The Morgan fingerprint density at radius 3 is 2.60 bits per heavy atom. The maximum atomic E-state index is 12.1. The average Bonchev–Trinajstić information content (AvgIpc) is 2.85. The summed E-state index contributed by atoms with van der Waals surface area (Å²) >= 11 is 11.9. The molecule has 0 aliphatic carbocycles. The second-order valence-corrected chi connectivity index (χ2v) is 5.80. The van der Waals surface area contributed by atoms with Gasteiger partial charge in [-0.05, 0) is 38.1 Å². The lowest BCUT2D eigenvalue weighted by molar-refractivity contribution is 0.361. The fourth-order valence-electron chi connectivity index (χ4n) is 2.58. The molecule has 2 N–H and O–H groups in total. The Hall–Kier alpha value is -1.23. The second kappa shape index (κ2) is 5.64. The molecule has 2 aromatic rings. The van der Waals surface area contributed by atoms with E-state index in [1.807, 2.05) is 12.3 Å². The van der Waals surface area contributed by atoms with Crippen LogP contribution < -0.4 is 11.0 Å². The predicted molar refractivity (Wildman–Crippen MR) is 81.6 cm³/mol. The molecule has 0 amide bonds. The van der Waals surface area contributed by atoms with E-state index in [4.69, 9.17) is 23.2 Å². The maximum Gasteiger partial charge on any atom is 0.326 e. The third-order valence-electron chi connectivity index (χ3n) is 3.68. The molecule has 0 radical (unpaired) electrons. The molecular weight excluding hydrogens is 297 g/mol. The van der Waals surface area contributed by atoms with E-state index in [1.54, 1.807) is 16.7 Å². The van der Waals surface area contributed by atoms with E-state index < -0.39 is 0 Å². The summed E-state index contributed by atoms with van der Waals surface area (Å²) in [5, 5.41) is 4.29. The number of rotatable bonds is 2. The van der Waals surface area contributed by atoms with Gasteiger partial charge in [0.1, 0.15) is 0 Å². The third kappa shape index (κ3) is 2.64. The molecule has 0 spiro atoms. The molecule has 0 saturated carbocycles. The Morgan fingerprint density at radius 1 is 1.15 bits per heavy atom. The van der Waals surface area contributed by atoms with Crippen LogP contribution in [0, 0.1) is 0 Å². The Bertz CT molecular complexity index is 671. The molecule has 1 aliphatic heterocycles. The van der Waals surface area contributed by atoms with Gasteiger partial charge in [0.15, 0.2) is 0 Å². The van der Waals surface area contributed by atoms with Crippen molar-refractivity contribution in [2.45, 2.75) is 18.9 Å². The number of H-pyrrole nitrogens is 1. The molecule has 1 fully saturated rings. The van der Waals surface area contributed by atoms with Gasteiger partial charge in [-0.2, -0.15) is 0 Å². The van der Waals surface area contributed by atoms with E-state index in [0.29, 0.717) is 10.0 Å². The van der Waals surface area contributed by atoms with Crippen LogP contribution in [-0.4, -0.2) is 22.6 Å². The second-order valence-electron chi connectivity index (χ2n) is 4.99. The number of piperidine rings is 1. The van der Waals surface area contributed by atoms with Gasteiger partial charge in [0, 0.05) is 17.8 Å². The first-order chi connectivity index (χ1) is 9.65. The molecule has 106 valence electrons. The highest BCUT2D eigenvalue weighted by Crippen LogP contribution is 2.28. The minimum Gasteiger partial charge on any atom is -0.317 e. The van der Waals surface area contributed by atoms with Crippen LogP contribution >= 0.6 is 23.2 Å². The lowest BCUT2D eigenvalue weighted by Crippen LogP contribution is -2.32. The fraction of sp³-hybridized carbons (Fsp3) is 0.357. The first-order valence-electron chi connectivity index (χ1n) is 6.62. The molecule has 0 unspecified atom stereocenters.